The maximum absolute atomic E-state index is 12.3. The Morgan fingerprint density at radius 3 is 2.45 bits per heavy atom. The molecule has 1 heterocycles. The van der Waals surface area contributed by atoms with Crippen LogP contribution in [-0.2, 0) is 14.3 Å². The summed E-state index contributed by atoms with van der Waals surface area (Å²) in [6.45, 7) is 2.38. The Labute approximate surface area is 119 Å². The maximum atomic E-state index is 12.3. The molecule has 114 valence electrons. The lowest BCUT2D eigenvalue weighted by molar-refractivity contribution is -0.142. The standard InChI is InChI=1S/C14H24N2O4/c1-19-12(17)11-14(5-3-2-4-6-14)15-13(18)16-7-9-20-10-8-16/h2-11H2,1H3,(H,15,18). The molecule has 1 N–H and O–H groups in total. The monoisotopic (exact) mass is 284 g/mol. The van der Waals surface area contributed by atoms with Gasteiger partial charge in [0.2, 0.25) is 0 Å². The molecule has 2 aliphatic rings. The summed E-state index contributed by atoms with van der Waals surface area (Å²) in [6, 6.07) is -0.0842. The minimum absolute atomic E-state index is 0.0842. The minimum atomic E-state index is -0.430. The van der Waals surface area contributed by atoms with E-state index in [1.807, 2.05) is 0 Å². The Kier molecular flexibility index (Phi) is 5.23. The lowest BCUT2D eigenvalue weighted by Crippen LogP contribution is -2.57. The van der Waals surface area contributed by atoms with Gasteiger partial charge < -0.3 is 19.7 Å². The molecule has 1 aliphatic heterocycles. The second-order valence-corrected chi connectivity index (χ2v) is 5.62. The molecule has 1 saturated carbocycles. The number of urea groups is 1. The molecule has 0 aromatic heterocycles. The average Bonchev–Trinajstić information content (AvgIpc) is 2.48. The van der Waals surface area contributed by atoms with Crippen molar-refractivity contribution in [1.29, 1.82) is 0 Å². The van der Waals surface area contributed by atoms with E-state index in [4.69, 9.17) is 9.47 Å². The number of esters is 1. The molecule has 2 fully saturated rings. The van der Waals surface area contributed by atoms with Gasteiger partial charge in [-0.15, -0.1) is 0 Å². The Hall–Kier alpha value is -1.30. The van der Waals surface area contributed by atoms with E-state index in [1.54, 1.807) is 4.90 Å². The van der Waals surface area contributed by atoms with Crippen LogP contribution in [0.3, 0.4) is 0 Å². The van der Waals surface area contributed by atoms with Gasteiger partial charge in [-0.1, -0.05) is 19.3 Å². The molecule has 0 aromatic carbocycles. The number of rotatable bonds is 3. The molecule has 0 atom stereocenters. The summed E-state index contributed by atoms with van der Waals surface area (Å²) in [5.41, 5.74) is -0.430. The zero-order valence-electron chi connectivity index (χ0n) is 12.2. The molecular weight excluding hydrogens is 260 g/mol. The molecule has 0 aromatic rings. The first-order chi connectivity index (χ1) is 9.65. The van der Waals surface area contributed by atoms with Crippen molar-refractivity contribution >= 4 is 12.0 Å². The van der Waals surface area contributed by atoms with Crippen molar-refractivity contribution in [2.24, 2.45) is 0 Å². The van der Waals surface area contributed by atoms with Gasteiger partial charge in [-0.3, -0.25) is 4.79 Å². The van der Waals surface area contributed by atoms with Crippen LogP contribution < -0.4 is 5.32 Å². The van der Waals surface area contributed by atoms with E-state index in [0.29, 0.717) is 26.3 Å². The van der Waals surface area contributed by atoms with Crippen LogP contribution in [0.5, 0.6) is 0 Å². The Morgan fingerprint density at radius 1 is 1.20 bits per heavy atom. The number of amides is 2. The van der Waals surface area contributed by atoms with Crippen LogP contribution in [0.2, 0.25) is 0 Å². The summed E-state index contributed by atoms with van der Waals surface area (Å²) in [4.78, 5) is 25.7. The molecule has 2 rings (SSSR count). The summed E-state index contributed by atoms with van der Waals surface area (Å²) < 4.78 is 10.0. The molecule has 2 amide bonds. The predicted molar refractivity (Wildman–Crippen MR) is 73.4 cm³/mol. The van der Waals surface area contributed by atoms with Gasteiger partial charge in [-0.05, 0) is 12.8 Å². The largest absolute Gasteiger partial charge is 0.469 e. The molecule has 0 unspecified atom stereocenters. The number of carbonyl (C=O) groups excluding carboxylic acids is 2. The van der Waals surface area contributed by atoms with E-state index in [-0.39, 0.29) is 18.4 Å². The highest BCUT2D eigenvalue weighted by atomic mass is 16.5. The van der Waals surface area contributed by atoms with E-state index < -0.39 is 5.54 Å². The van der Waals surface area contributed by atoms with E-state index >= 15 is 0 Å². The maximum Gasteiger partial charge on any atom is 0.318 e. The van der Waals surface area contributed by atoms with E-state index in [2.05, 4.69) is 5.32 Å². The molecule has 1 saturated heterocycles. The van der Waals surface area contributed by atoms with Crippen LogP contribution in [0.25, 0.3) is 0 Å². The SMILES string of the molecule is COC(=O)CC1(NC(=O)N2CCOCC2)CCCCC1. The Morgan fingerprint density at radius 2 is 1.85 bits per heavy atom. The fourth-order valence-corrected chi connectivity index (χ4v) is 3.00. The fourth-order valence-electron chi connectivity index (χ4n) is 3.00. The number of carbonyl (C=O) groups is 2. The lowest BCUT2D eigenvalue weighted by atomic mass is 9.79. The Balaban J connectivity index is 1.98. The summed E-state index contributed by atoms with van der Waals surface area (Å²) in [6.07, 6.45) is 5.20. The third kappa shape index (κ3) is 3.85. The molecular formula is C14H24N2O4. The number of nitrogens with one attached hydrogen (secondary N) is 1. The van der Waals surface area contributed by atoms with Crippen molar-refractivity contribution in [2.45, 2.75) is 44.1 Å². The zero-order chi connectivity index (χ0) is 14.4. The van der Waals surface area contributed by atoms with Gasteiger partial charge in [0.05, 0.1) is 32.3 Å². The van der Waals surface area contributed by atoms with Crippen molar-refractivity contribution in [1.82, 2.24) is 10.2 Å². The number of morpholine rings is 1. The highest BCUT2D eigenvalue weighted by Gasteiger charge is 2.37. The molecule has 0 radical (unpaired) electrons. The van der Waals surface area contributed by atoms with Gasteiger partial charge in [0.1, 0.15) is 0 Å². The van der Waals surface area contributed by atoms with Crippen molar-refractivity contribution in [3.63, 3.8) is 0 Å². The third-order valence-electron chi connectivity index (χ3n) is 4.19. The average molecular weight is 284 g/mol. The second kappa shape index (κ2) is 6.92. The summed E-state index contributed by atoms with van der Waals surface area (Å²) >= 11 is 0. The molecule has 0 spiro atoms. The van der Waals surface area contributed by atoms with Crippen molar-refractivity contribution < 1.29 is 19.1 Å². The first-order valence-electron chi connectivity index (χ1n) is 7.37. The van der Waals surface area contributed by atoms with E-state index in [1.165, 1.54) is 7.11 Å². The number of nitrogens with zero attached hydrogens (tertiary/aromatic N) is 1. The van der Waals surface area contributed by atoms with Crippen LogP contribution in [0, 0.1) is 0 Å². The number of hydrogen-bond donors (Lipinski definition) is 1. The van der Waals surface area contributed by atoms with Gasteiger partial charge in [0.25, 0.3) is 0 Å². The van der Waals surface area contributed by atoms with Gasteiger partial charge >= 0.3 is 12.0 Å². The normalized spacial score (nSPS) is 22.1. The topological polar surface area (TPSA) is 67.9 Å². The van der Waals surface area contributed by atoms with Gasteiger partial charge in [-0.2, -0.15) is 0 Å². The van der Waals surface area contributed by atoms with Crippen LogP contribution in [0.4, 0.5) is 4.79 Å². The lowest BCUT2D eigenvalue weighted by Gasteiger charge is -2.39. The minimum Gasteiger partial charge on any atom is -0.469 e. The van der Waals surface area contributed by atoms with Crippen molar-refractivity contribution in [2.75, 3.05) is 33.4 Å². The predicted octanol–water partition coefficient (Wildman–Crippen LogP) is 1.29. The van der Waals surface area contributed by atoms with Crippen LogP contribution >= 0.6 is 0 Å². The summed E-state index contributed by atoms with van der Waals surface area (Å²) in [5.74, 6) is -0.255. The summed E-state index contributed by atoms with van der Waals surface area (Å²) in [7, 11) is 1.39. The van der Waals surface area contributed by atoms with Crippen molar-refractivity contribution in [3.8, 4) is 0 Å². The van der Waals surface area contributed by atoms with Crippen LogP contribution in [-0.4, -0.2) is 55.9 Å². The molecule has 1 aliphatic carbocycles. The van der Waals surface area contributed by atoms with Gasteiger partial charge in [0, 0.05) is 13.1 Å². The highest BCUT2D eigenvalue weighted by Crippen LogP contribution is 2.31. The molecule has 20 heavy (non-hydrogen) atoms. The van der Waals surface area contributed by atoms with Crippen LogP contribution in [0.15, 0.2) is 0 Å². The molecule has 6 nitrogen and oxygen atoms in total. The third-order valence-corrected chi connectivity index (χ3v) is 4.19. The number of hydrogen-bond acceptors (Lipinski definition) is 4. The van der Waals surface area contributed by atoms with E-state index in [9.17, 15) is 9.59 Å². The van der Waals surface area contributed by atoms with Crippen LogP contribution in [0.1, 0.15) is 38.5 Å². The molecule has 0 bridgehead atoms. The fraction of sp³-hybridized carbons (Fsp3) is 0.857. The van der Waals surface area contributed by atoms with Crippen molar-refractivity contribution in [3.05, 3.63) is 0 Å². The van der Waals surface area contributed by atoms with E-state index in [0.717, 1.165) is 32.1 Å². The first-order valence-corrected chi connectivity index (χ1v) is 7.37. The van der Waals surface area contributed by atoms with Gasteiger partial charge in [-0.25, -0.2) is 4.79 Å². The first kappa shape index (κ1) is 15.1. The Bertz CT molecular complexity index is 347. The molecule has 6 heteroatoms. The number of ether oxygens (including phenoxy) is 2. The smallest absolute Gasteiger partial charge is 0.318 e. The summed E-state index contributed by atoms with van der Waals surface area (Å²) in [5, 5.41) is 3.10. The number of methoxy groups -OCH3 is 1. The zero-order valence-corrected chi connectivity index (χ0v) is 12.2. The quantitative estimate of drug-likeness (QED) is 0.793. The van der Waals surface area contributed by atoms with Gasteiger partial charge in [0.15, 0.2) is 0 Å². The highest BCUT2D eigenvalue weighted by molar-refractivity contribution is 5.77. The second-order valence-electron chi connectivity index (χ2n) is 5.62.